The average Bonchev–Trinajstić information content (AvgIpc) is 3.16. The number of rotatable bonds is 6. The van der Waals surface area contributed by atoms with Crippen molar-refractivity contribution in [2.24, 2.45) is 11.7 Å². The van der Waals surface area contributed by atoms with E-state index in [2.05, 4.69) is 12.2 Å². The number of hydrogen-bond acceptors (Lipinski definition) is 5. The van der Waals surface area contributed by atoms with Crippen molar-refractivity contribution in [3.8, 4) is 0 Å². The maximum absolute atomic E-state index is 12.9. The van der Waals surface area contributed by atoms with Crippen LogP contribution in [-0.4, -0.2) is 27.3 Å². The van der Waals surface area contributed by atoms with Crippen LogP contribution < -0.4 is 15.4 Å². The van der Waals surface area contributed by atoms with Gasteiger partial charge in [0.05, 0.1) is 16.1 Å². The van der Waals surface area contributed by atoms with Crippen molar-refractivity contribution in [2.75, 3.05) is 16.7 Å². The summed E-state index contributed by atoms with van der Waals surface area (Å²) in [7, 11) is -2.29. The number of aryl methyl sites for hydroxylation is 1. The van der Waals surface area contributed by atoms with E-state index < -0.39 is 21.8 Å². The first-order valence-corrected chi connectivity index (χ1v) is 12.8. The Morgan fingerprint density at radius 3 is 2.39 bits per heavy atom. The molecule has 1 atom stereocenters. The molecule has 1 aliphatic rings. The van der Waals surface area contributed by atoms with Crippen molar-refractivity contribution < 1.29 is 18.0 Å². The molecule has 0 saturated carbocycles. The Balaban J connectivity index is 1.56. The number of nitrogens with one attached hydrogen (secondary N) is 1. The summed E-state index contributed by atoms with van der Waals surface area (Å²) in [5, 5.41) is 3.26. The molecule has 1 heterocycles. The van der Waals surface area contributed by atoms with Gasteiger partial charge in [0, 0.05) is 17.5 Å². The number of para-hydroxylation sites is 1. The van der Waals surface area contributed by atoms with E-state index in [4.69, 9.17) is 5.73 Å². The predicted octanol–water partition coefficient (Wildman–Crippen LogP) is 4.05. The maximum atomic E-state index is 12.9. The number of fused-ring (bicyclic) bond motifs is 1. The highest BCUT2D eigenvalue weighted by atomic mass is 32.2. The number of benzene rings is 2. The van der Waals surface area contributed by atoms with Gasteiger partial charge in [0.1, 0.15) is 5.00 Å². The molecular formula is C24H25N3O4S2. The largest absolute Gasteiger partial charge is 0.365 e. The van der Waals surface area contributed by atoms with Crippen molar-refractivity contribution in [3.05, 3.63) is 76.2 Å². The number of carbonyl (C=O) groups is 2. The summed E-state index contributed by atoms with van der Waals surface area (Å²) in [6.45, 7) is 2.13. The second-order valence-corrected chi connectivity index (χ2v) is 11.3. The minimum absolute atomic E-state index is 0.0730. The lowest BCUT2D eigenvalue weighted by atomic mass is 9.87. The molecule has 7 nitrogen and oxygen atoms in total. The van der Waals surface area contributed by atoms with Crippen molar-refractivity contribution in [2.45, 2.75) is 31.1 Å². The van der Waals surface area contributed by atoms with Crippen molar-refractivity contribution in [1.82, 2.24) is 0 Å². The molecule has 0 aliphatic heterocycles. The van der Waals surface area contributed by atoms with Gasteiger partial charge >= 0.3 is 0 Å². The molecule has 33 heavy (non-hydrogen) atoms. The van der Waals surface area contributed by atoms with Gasteiger partial charge in [-0.1, -0.05) is 25.1 Å². The maximum Gasteiger partial charge on any atom is 0.264 e. The number of nitrogens with zero attached hydrogens (tertiary/aromatic N) is 1. The second-order valence-electron chi connectivity index (χ2n) is 8.21. The van der Waals surface area contributed by atoms with Gasteiger partial charge in [0.15, 0.2) is 0 Å². The van der Waals surface area contributed by atoms with Crippen LogP contribution in [0, 0.1) is 5.92 Å². The number of carbonyl (C=O) groups excluding carboxylic acids is 2. The molecule has 3 aromatic rings. The number of hydrogen-bond donors (Lipinski definition) is 2. The fourth-order valence-corrected chi connectivity index (χ4v) is 6.44. The number of sulfonamides is 1. The van der Waals surface area contributed by atoms with Crippen LogP contribution in [0.25, 0.3) is 0 Å². The molecule has 4 rings (SSSR count). The van der Waals surface area contributed by atoms with Crippen LogP contribution in [-0.2, 0) is 22.9 Å². The van der Waals surface area contributed by atoms with Crippen LogP contribution in [0.4, 0.5) is 10.7 Å². The van der Waals surface area contributed by atoms with Crippen LogP contribution in [0.2, 0.25) is 0 Å². The van der Waals surface area contributed by atoms with E-state index in [0.29, 0.717) is 22.2 Å². The summed E-state index contributed by atoms with van der Waals surface area (Å²) in [5.74, 6) is -0.524. The fraction of sp³-hybridized carbons (Fsp3) is 0.250. The molecule has 0 fully saturated rings. The zero-order valence-corrected chi connectivity index (χ0v) is 20.0. The van der Waals surface area contributed by atoms with Crippen molar-refractivity contribution in [1.29, 1.82) is 0 Å². The van der Waals surface area contributed by atoms with Gasteiger partial charge in [-0.3, -0.25) is 13.9 Å². The number of thiophene rings is 1. The summed E-state index contributed by atoms with van der Waals surface area (Å²) in [5.41, 5.74) is 7.78. The molecule has 0 radical (unpaired) electrons. The topological polar surface area (TPSA) is 110 Å². The van der Waals surface area contributed by atoms with Crippen molar-refractivity contribution in [3.63, 3.8) is 0 Å². The van der Waals surface area contributed by atoms with Gasteiger partial charge in [0.25, 0.3) is 21.8 Å². The Morgan fingerprint density at radius 2 is 1.76 bits per heavy atom. The fourth-order valence-electron chi connectivity index (χ4n) is 4.00. The SMILES string of the molecule is C[C@H]1CCc2sc(NC(=O)c3ccc(S(=O)(=O)N(C)c4ccccc4)cc3)c(C(N)=O)c2C1. The molecular weight excluding hydrogens is 458 g/mol. The molecule has 1 aromatic heterocycles. The Bertz CT molecular complexity index is 1300. The number of primary amides is 1. The summed E-state index contributed by atoms with van der Waals surface area (Å²) in [6, 6.07) is 14.5. The first-order valence-electron chi connectivity index (χ1n) is 10.6. The molecule has 3 N–H and O–H groups in total. The number of nitrogens with two attached hydrogens (primary N) is 1. The van der Waals surface area contributed by atoms with Gasteiger partial charge in [-0.15, -0.1) is 11.3 Å². The second kappa shape index (κ2) is 8.99. The summed E-state index contributed by atoms with van der Waals surface area (Å²) in [6.07, 6.45) is 2.66. The van der Waals surface area contributed by atoms with Gasteiger partial charge in [0.2, 0.25) is 0 Å². The number of anilines is 2. The van der Waals surface area contributed by atoms with Gasteiger partial charge in [-0.25, -0.2) is 8.42 Å². The molecule has 172 valence electrons. The van der Waals surface area contributed by atoms with E-state index in [0.717, 1.165) is 29.7 Å². The van der Waals surface area contributed by atoms with E-state index in [1.807, 2.05) is 6.07 Å². The summed E-state index contributed by atoms with van der Waals surface area (Å²) < 4.78 is 27.1. The smallest absolute Gasteiger partial charge is 0.264 e. The Labute approximate surface area is 197 Å². The lowest BCUT2D eigenvalue weighted by molar-refractivity contribution is 0.1000. The molecule has 2 amide bonds. The summed E-state index contributed by atoms with van der Waals surface area (Å²) in [4.78, 5) is 26.1. The molecule has 9 heteroatoms. The molecule has 2 aromatic carbocycles. The Hall–Kier alpha value is -3.17. The van der Waals surface area contributed by atoms with Crippen LogP contribution in [0.1, 0.15) is 44.5 Å². The van der Waals surface area contributed by atoms with Gasteiger partial charge in [-0.05, 0) is 67.1 Å². The lowest BCUT2D eigenvalue weighted by Crippen LogP contribution is -2.26. The minimum Gasteiger partial charge on any atom is -0.365 e. The van der Waals surface area contributed by atoms with E-state index in [-0.39, 0.29) is 10.5 Å². The molecule has 0 spiro atoms. The van der Waals surface area contributed by atoms with Crippen molar-refractivity contribution >= 4 is 43.9 Å². The Kier molecular flexibility index (Phi) is 6.27. The van der Waals surface area contributed by atoms with Crippen LogP contribution in [0.3, 0.4) is 0 Å². The standard InChI is InChI=1S/C24H25N3O4S2/c1-15-8-13-20-19(14-15)21(22(25)28)24(32-20)26-23(29)16-9-11-18(12-10-16)33(30,31)27(2)17-6-4-3-5-7-17/h3-7,9-12,15H,8,13-14H2,1-2H3,(H2,25,28)(H,26,29)/t15-/m0/s1. The van der Waals surface area contributed by atoms with E-state index in [1.54, 1.807) is 24.3 Å². The molecule has 0 unspecified atom stereocenters. The highest BCUT2D eigenvalue weighted by Gasteiger charge is 2.28. The highest BCUT2D eigenvalue weighted by Crippen LogP contribution is 2.39. The molecule has 0 saturated heterocycles. The average molecular weight is 484 g/mol. The van der Waals surface area contributed by atoms with E-state index in [9.17, 15) is 18.0 Å². The summed E-state index contributed by atoms with van der Waals surface area (Å²) >= 11 is 1.39. The van der Waals surface area contributed by atoms with E-state index >= 15 is 0 Å². The normalized spacial score (nSPS) is 15.5. The predicted molar refractivity (Wildman–Crippen MR) is 130 cm³/mol. The first-order chi connectivity index (χ1) is 15.7. The molecule has 1 aliphatic carbocycles. The van der Waals surface area contributed by atoms with Gasteiger partial charge in [-0.2, -0.15) is 0 Å². The van der Waals surface area contributed by atoms with Crippen LogP contribution >= 0.6 is 11.3 Å². The highest BCUT2D eigenvalue weighted by molar-refractivity contribution is 7.92. The first kappa shape index (κ1) is 23.0. The van der Waals surface area contributed by atoms with Crippen LogP contribution in [0.5, 0.6) is 0 Å². The third-order valence-electron chi connectivity index (χ3n) is 5.88. The third-order valence-corrected chi connectivity index (χ3v) is 8.88. The van der Waals surface area contributed by atoms with E-state index in [1.165, 1.54) is 47.0 Å². The van der Waals surface area contributed by atoms with Crippen LogP contribution in [0.15, 0.2) is 59.5 Å². The molecule has 0 bridgehead atoms. The quantitative estimate of drug-likeness (QED) is 0.551. The minimum atomic E-state index is -3.78. The van der Waals surface area contributed by atoms with Gasteiger partial charge < -0.3 is 11.1 Å². The monoisotopic (exact) mass is 483 g/mol. The number of amides is 2. The third kappa shape index (κ3) is 4.51. The zero-order chi connectivity index (χ0) is 23.8. The zero-order valence-electron chi connectivity index (χ0n) is 18.4. The lowest BCUT2D eigenvalue weighted by Gasteiger charge is -2.19. The Morgan fingerprint density at radius 1 is 1.09 bits per heavy atom.